The lowest BCUT2D eigenvalue weighted by Gasteiger charge is -2.25. The van der Waals surface area contributed by atoms with Crippen molar-refractivity contribution in [3.63, 3.8) is 0 Å². The van der Waals surface area contributed by atoms with Gasteiger partial charge >= 0.3 is 0 Å². The Morgan fingerprint density at radius 2 is 2.11 bits per heavy atom. The molecule has 1 aromatic rings. The van der Waals surface area contributed by atoms with E-state index in [1.807, 2.05) is 49.2 Å². The molecule has 0 heterocycles. The molecule has 1 amide bonds. The van der Waals surface area contributed by atoms with Gasteiger partial charge in [-0.15, -0.1) is 0 Å². The monoisotopic (exact) mass is 245 g/mol. The van der Waals surface area contributed by atoms with E-state index in [-0.39, 0.29) is 11.9 Å². The third-order valence-corrected chi connectivity index (χ3v) is 2.77. The molecule has 0 spiro atoms. The van der Waals surface area contributed by atoms with Crippen LogP contribution in [0.3, 0.4) is 0 Å². The molecule has 0 fully saturated rings. The van der Waals surface area contributed by atoms with Crippen molar-refractivity contribution in [2.24, 2.45) is 0 Å². The van der Waals surface area contributed by atoms with Crippen molar-refractivity contribution >= 4 is 5.91 Å². The molecule has 1 rings (SSSR count). The maximum Gasteiger partial charge on any atom is 0.234 e. The van der Waals surface area contributed by atoms with Crippen LogP contribution in [-0.2, 0) is 4.79 Å². The summed E-state index contributed by atoms with van der Waals surface area (Å²) in [5.74, 6) is -0.0149. The summed E-state index contributed by atoms with van der Waals surface area (Å²) in [7, 11) is 1.87. The molecule has 1 N–H and O–H groups in total. The molecule has 1 atom stereocenters. The lowest BCUT2D eigenvalue weighted by molar-refractivity contribution is -0.122. The van der Waals surface area contributed by atoms with E-state index in [1.54, 1.807) is 0 Å². The average molecular weight is 245 g/mol. The zero-order valence-corrected chi connectivity index (χ0v) is 10.9. The van der Waals surface area contributed by atoms with Crippen molar-refractivity contribution in [1.82, 2.24) is 10.2 Å². The van der Waals surface area contributed by atoms with Gasteiger partial charge in [-0.1, -0.05) is 30.3 Å². The smallest absolute Gasteiger partial charge is 0.234 e. The van der Waals surface area contributed by atoms with E-state index in [1.165, 1.54) is 0 Å². The number of carbonyl (C=O) groups excluding carboxylic acids is 1. The van der Waals surface area contributed by atoms with E-state index in [9.17, 15) is 4.79 Å². The van der Waals surface area contributed by atoms with Crippen LogP contribution < -0.4 is 5.32 Å². The quantitative estimate of drug-likeness (QED) is 0.830. The molecule has 0 aliphatic heterocycles. The molecule has 1 aromatic carbocycles. The molecule has 0 aliphatic carbocycles. The Hall–Kier alpha value is -1.86. The average Bonchev–Trinajstić information content (AvgIpc) is 2.37. The number of hydrogen-bond donors (Lipinski definition) is 1. The molecule has 0 aromatic heterocycles. The number of amides is 1. The standard InChI is InChI=1S/C14H19N3O/c1-3-16-14(18)11-17(2)13(9-10-15)12-7-5-4-6-8-12/h4-8,13H,3,9,11H2,1-2H3,(H,16,18). The lowest BCUT2D eigenvalue weighted by atomic mass is 10.0. The Morgan fingerprint density at radius 1 is 1.44 bits per heavy atom. The molecule has 96 valence electrons. The molecule has 0 saturated carbocycles. The van der Waals surface area contributed by atoms with Gasteiger partial charge in [0, 0.05) is 12.6 Å². The van der Waals surface area contributed by atoms with Crippen molar-refractivity contribution in [2.45, 2.75) is 19.4 Å². The highest BCUT2D eigenvalue weighted by Gasteiger charge is 2.18. The second kappa shape index (κ2) is 7.46. The van der Waals surface area contributed by atoms with Gasteiger partial charge in [0.2, 0.25) is 5.91 Å². The fourth-order valence-electron chi connectivity index (χ4n) is 1.88. The third kappa shape index (κ3) is 4.19. The Balaban J connectivity index is 2.73. The van der Waals surface area contributed by atoms with Crippen LogP contribution in [0.5, 0.6) is 0 Å². The molecular formula is C14H19N3O. The highest BCUT2D eigenvalue weighted by molar-refractivity contribution is 5.77. The molecule has 4 heteroatoms. The van der Waals surface area contributed by atoms with Crippen LogP contribution >= 0.6 is 0 Å². The minimum absolute atomic E-state index is 0.0149. The first-order valence-corrected chi connectivity index (χ1v) is 6.07. The number of hydrogen-bond acceptors (Lipinski definition) is 3. The predicted octanol–water partition coefficient (Wildman–Crippen LogP) is 1.71. The van der Waals surface area contributed by atoms with Crippen LogP contribution in [0.1, 0.15) is 24.9 Å². The number of likely N-dealkylation sites (N-methyl/N-ethyl adjacent to an activating group) is 2. The van der Waals surface area contributed by atoms with Crippen molar-refractivity contribution in [3.05, 3.63) is 35.9 Å². The van der Waals surface area contributed by atoms with Crippen molar-refractivity contribution in [3.8, 4) is 6.07 Å². The van der Waals surface area contributed by atoms with E-state index in [0.717, 1.165) is 5.56 Å². The number of rotatable bonds is 6. The second-order valence-electron chi connectivity index (χ2n) is 4.16. The van der Waals surface area contributed by atoms with Crippen LogP contribution in [0.15, 0.2) is 30.3 Å². The van der Waals surface area contributed by atoms with E-state index >= 15 is 0 Å². The van der Waals surface area contributed by atoms with Crippen LogP contribution in [0.25, 0.3) is 0 Å². The fraction of sp³-hybridized carbons (Fsp3) is 0.429. The molecule has 18 heavy (non-hydrogen) atoms. The number of carbonyl (C=O) groups is 1. The zero-order chi connectivity index (χ0) is 13.4. The Labute approximate surface area is 108 Å². The van der Waals surface area contributed by atoms with E-state index in [2.05, 4.69) is 11.4 Å². The second-order valence-corrected chi connectivity index (χ2v) is 4.16. The Bertz CT molecular complexity index is 411. The number of nitrogens with zero attached hydrogens (tertiary/aromatic N) is 2. The summed E-state index contributed by atoms with van der Waals surface area (Å²) < 4.78 is 0. The van der Waals surface area contributed by atoms with Crippen LogP contribution in [0.4, 0.5) is 0 Å². The molecular weight excluding hydrogens is 226 g/mol. The summed E-state index contributed by atoms with van der Waals surface area (Å²) in [6.07, 6.45) is 0.375. The Kier molecular flexibility index (Phi) is 5.89. The summed E-state index contributed by atoms with van der Waals surface area (Å²) in [5.41, 5.74) is 1.06. The van der Waals surface area contributed by atoms with Crippen molar-refractivity contribution in [2.75, 3.05) is 20.1 Å². The van der Waals surface area contributed by atoms with Gasteiger partial charge in [0.15, 0.2) is 0 Å². The molecule has 0 radical (unpaired) electrons. The number of benzene rings is 1. The topological polar surface area (TPSA) is 56.1 Å². The van der Waals surface area contributed by atoms with Crippen molar-refractivity contribution < 1.29 is 4.79 Å². The van der Waals surface area contributed by atoms with Crippen molar-refractivity contribution in [1.29, 1.82) is 5.26 Å². The first-order valence-electron chi connectivity index (χ1n) is 6.07. The minimum atomic E-state index is -0.0428. The highest BCUT2D eigenvalue weighted by atomic mass is 16.2. The lowest BCUT2D eigenvalue weighted by Crippen LogP contribution is -2.36. The van der Waals surface area contributed by atoms with Gasteiger partial charge in [-0.05, 0) is 19.5 Å². The van der Waals surface area contributed by atoms with Gasteiger partial charge in [0.05, 0.1) is 19.0 Å². The van der Waals surface area contributed by atoms with Crippen LogP contribution in [0, 0.1) is 11.3 Å². The normalized spacial score (nSPS) is 11.9. The van der Waals surface area contributed by atoms with Gasteiger partial charge in [-0.25, -0.2) is 0 Å². The largest absolute Gasteiger partial charge is 0.355 e. The number of nitrogens with one attached hydrogen (secondary N) is 1. The van der Waals surface area contributed by atoms with Gasteiger partial charge < -0.3 is 5.32 Å². The molecule has 0 saturated heterocycles. The van der Waals surface area contributed by atoms with E-state index in [0.29, 0.717) is 19.5 Å². The van der Waals surface area contributed by atoms with Crippen LogP contribution in [0.2, 0.25) is 0 Å². The maximum atomic E-state index is 11.6. The van der Waals surface area contributed by atoms with Gasteiger partial charge in [-0.3, -0.25) is 9.69 Å². The first-order chi connectivity index (χ1) is 8.69. The molecule has 4 nitrogen and oxygen atoms in total. The first kappa shape index (κ1) is 14.2. The molecule has 1 unspecified atom stereocenters. The predicted molar refractivity (Wildman–Crippen MR) is 70.7 cm³/mol. The van der Waals surface area contributed by atoms with Crippen LogP contribution in [-0.4, -0.2) is 30.9 Å². The fourth-order valence-corrected chi connectivity index (χ4v) is 1.88. The summed E-state index contributed by atoms with van der Waals surface area (Å²) in [6.45, 7) is 2.82. The Morgan fingerprint density at radius 3 is 2.67 bits per heavy atom. The summed E-state index contributed by atoms with van der Waals surface area (Å²) >= 11 is 0. The number of nitriles is 1. The third-order valence-electron chi connectivity index (χ3n) is 2.77. The van der Waals surface area contributed by atoms with E-state index < -0.39 is 0 Å². The maximum absolute atomic E-state index is 11.6. The summed E-state index contributed by atoms with van der Waals surface area (Å²) in [4.78, 5) is 13.5. The zero-order valence-electron chi connectivity index (χ0n) is 10.9. The van der Waals surface area contributed by atoms with Gasteiger partial charge in [0.1, 0.15) is 0 Å². The highest BCUT2D eigenvalue weighted by Crippen LogP contribution is 2.21. The van der Waals surface area contributed by atoms with E-state index in [4.69, 9.17) is 5.26 Å². The molecule has 0 bridgehead atoms. The molecule has 0 aliphatic rings. The van der Waals surface area contributed by atoms with Gasteiger partial charge in [0.25, 0.3) is 0 Å². The SMILES string of the molecule is CCNC(=O)CN(C)C(CC#N)c1ccccc1. The van der Waals surface area contributed by atoms with Gasteiger partial charge in [-0.2, -0.15) is 5.26 Å². The summed E-state index contributed by atoms with van der Waals surface area (Å²) in [5, 5.41) is 11.7. The minimum Gasteiger partial charge on any atom is -0.355 e. The summed E-state index contributed by atoms with van der Waals surface area (Å²) in [6, 6.07) is 11.9.